The maximum absolute atomic E-state index is 14.7. The van der Waals surface area contributed by atoms with Crippen LogP contribution < -0.4 is 4.90 Å². The second-order valence-corrected chi connectivity index (χ2v) is 7.55. The van der Waals surface area contributed by atoms with Crippen LogP contribution in [0.15, 0.2) is 46.2 Å². The predicted molar refractivity (Wildman–Crippen MR) is 96.7 cm³/mol. The van der Waals surface area contributed by atoms with Crippen LogP contribution in [0.3, 0.4) is 0 Å². The third-order valence-corrected chi connectivity index (χ3v) is 5.83. The molecule has 0 radical (unpaired) electrons. The molecule has 0 spiro atoms. The molecule has 3 heterocycles. The number of nitrogens with zero attached hydrogens (tertiary/aromatic N) is 2. The van der Waals surface area contributed by atoms with Gasteiger partial charge in [0, 0.05) is 11.6 Å². The van der Waals surface area contributed by atoms with Crippen molar-refractivity contribution < 1.29 is 23.2 Å². The summed E-state index contributed by atoms with van der Waals surface area (Å²) in [6.45, 7) is 1.71. The van der Waals surface area contributed by atoms with E-state index in [1.165, 1.54) is 11.0 Å². The van der Waals surface area contributed by atoms with Gasteiger partial charge in [-0.1, -0.05) is 29.8 Å². The summed E-state index contributed by atoms with van der Waals surface area (Å²) < 4.78 is 25.9. The number of aryl methyl sites for hydroxylation is 1. The van der Waals surface area contributed by atoms with Gasteiger partial charge in [-0.25, -0.2) is 4.39 Å². The van der Waals surface area contributed by atoms with Crippen molar-refractivity contribution >= 4 is 17.5 Å². The van der Waals surface area contributed by atoms with Crippen molar-refractivity contribution in [2.75, 3.05) is 4.90 Å². The molecule has 0 saturated heterocycles. The van der Waals surface area contributed by atoms with E-state index in [0.29, 0.717) is 5.76 Å². The molecule has 1 aromatic carbocycles. The van der Waals surface area contributed by atoms with Crippen molar-refractivity contribution in [3.8, 4) is 0 Å². The Morgan fingerprint density at radius 3 is 2.71 bits per heavy atom. The molecule has 1 amide bonds. The lowest BCUT2D eigenvalue weighted by molar-refractivity contribution is -0.131. The zero-order chi connectivity index (χ0) is 19.4. The molecule has 0 bridgehead atoms. The van der Waals surface area contributed by atoms with Gasteiger partial charge in [0.05, 0.1) is 17.5 Å². The summed E-state index contributed by atoms with van der Waals surface area (Å²) in [5, 5.41) is 3.94. The van der Waals surface area contributed by atoms with Gasteiger partial charge in [0.1, 0.15) is 17.7 Å². The average Bonchev–Trinajstić information content (AvgIpc) is 3.24. The van der Waals surface area contributed by atoms with Crippen LogP contribution in [0.2, 0.25) is 0 Å². The Morgan fingerprint density at radius 1 is 1.18 bits per heavy atom. The molecule has 6 nitrogen and oxygen atoms in total. The molecule has 2 aliphatic heterocycles. The van der Waals surface area contributed by atoms with Gasteiger partial charge in [-0.15, -0.1) is 0 Å². The predicted octanol–water partition coefficient (Wildman–Crippen LogP) is 3.62. The number of ether oxygens (including phenoxy) is 1. The summed E-state index contributed by atoms with van der Waals surface area (Å²) in [4.78, 5) is 27.9. The van der Waals surface area contributed by atoms with Crippen molar-refractivity contribution in [3.63, 3.8) is 0 Å². The van der Waals surface area contributed by atoms with E-state index in [1.54, 1.807) is 31.2 Å². The molecule has 1 saturated carbocycles. The number of hydrogen-bond donors (Lipinski definition) is 0. The Bertz CT molecular complexity index is 1010. The monoisotopic (exact) mass is 382 g/mol. The van der Waals surface area contributed by atoms with Crippen molar-refractivity contribution in [1.29, 1.82) is 0 Å². The minimum absolute atomic E-state index is 0.0297. The van der Waals surface area contributed by atoms with Crippen LogP contribution >= 0.6 is 0 Å². The summed E-state index contributed by atoms with van der Waals surface area (Å²) in [5.74, 6) is -0.581. The number of hydrogen-bond acceptors (Lipinski definition) is 5. The highest BCUT2D eigenvalue weighted by Gasteiger charge is 2.53. The van der Waals surface area contributed by atoms with E-state index in [9.17, 15) is 14.0 Å². The number of fused-ring (bicyclic) bond motifs is 1. The van der Waals surface area contributed by atoms with Gasteiger partial charge in [-0.3, -0.25) is 14.5 Å². The first-order chi connectivity index (χ1) is 13.6. The Morgan fingerprint density at radius 2 is 1.96 bits per heavy atom. The topological polar surface area (TPSA) is 72.6 Å². The first-order valence-corrected chi connectivity index (χ1v) is 9.52. The Hall–Kier alpha value is -2.96. The van der Waals surface area contributed by atoms with Crippen LogP contribution in [0, 0.1) is 18.7 Å². The smallest absolute Gasteiger partial charge is 0.295 e. The molecule has 3 atom stereocenters. The van der Waals surface area contributed by atoms with Gasteiger partial charge in [0.25, 0.3) is 5.91 Å². The van der Waals surface area contributed by atoms with Crippen LogP contribution in [-0.4, -0.2) is 23.0 Å². The van der Waals surface area contributed by atoms with Gasteiger partial charge in [-0.05, 0) is 32.3 Å². The van der Waals surface area contributed by atoms with Crippen LogP contribution in [-0.2, 0) is 14.3 Å². The summed E-state index contributed by atoms with van der Waals surface area (Å²) in [6.07, 6.45) is 3.09. The van der Waals surface area contributed by atoms with Crippen LogP contribution in [0.5, 0.6) is 0 Å². The normalized spacial score (nSPS) is 26.9. The van der Waals surface area contributed by atoms with Gasteiger partial charge in [0.15, 0.2) is 17.4 Å². The molecule has 28 heavy (non-hydrogen) atoms. The maximum atomic E-state index is 14.7. The van der Waals surface area contributed by atoms with E-state index in [0.717, 1.165) is 25.7 Å². The fourth-order valence-electron chi connectivity index (χ4n) is 4.54. The Balaban J connectivity index is 1.68. The van der Waals surface area contributed by atoms with Gasteiger partial charge < -0.3 is 9.26 Å². The number of carbonyl (C=O) groups excluding carboxylic acids is 2. The molecule has 1 aliphatic carbocycles. The number of Topliss-reactive ketones (excluding diaryl/α,β-unsaturated/α-hetero) is 1. The van der Waals surface area contributed by atoms with E-state index in [1.807, 2.05) is 0 Å². The number of halogens is 1. The maximum Gasteiger partial charge on any atom is 0.295 e. The number of amides is 1. The van der Waals surface area contributed by atoms with Gasteiger partial charge in [0.2, 0.25) is 0 Å². The van der Waals surface area contributed by atoms with Crippen molar-refractivity contribution in [2.45, 2.75) is 44.8 Å². The fraction of sp³-hybridized carbons (Fsp3) is 0.381. The highest BCUT2D eigenvalue weighted by molar-refractivity contribution is 6.17. The molecule has 144 valence electrons. The average molecular weight is 382 g/mol. The molecule has 1 fully saturated rings. The molecule has 5 rings (SSSR count). The zero-order valence-corrected chi connectivity index (χ0v) is 15.4. The van der Waals surface area contributed by atoms with Crippen molar-refractivity contribution in [1.82, 2.24) is 5.16 Å². The lowest BCUT2D eigenvalue weighted by Crippen LogP contribution is -2.39. The molecule has 3 aliphatic rings. The fourth-order valence-corrected chi connectivity index (χ4v) is 4.54. The summed E-state index contributed by atoms with van der Waals surface area (Å²) >= 11 is 0. The minimum atomic E-state index is -0.913. The third-order valence-electron chi connectivity index (χ3n) is 5.83. The van der Waals surface area contributed by atoms with E-state index in [2.05, 4.69) is 5.16 Å². The molecule has 3 unspecified atom stereocenters. The van der Waals surface area contributed by atoms with E-state index in [4.69, 9.17) is 9.26 Å². The van der Waals surface area contributed by atoms with Gasteiger partial charge >= 0.3 is 0 Å². The highest BCUT2D eigenvalue weighted by atomic mass is 19.1. The van der Waals surface area contributed by atoms with E-state index < -0.39 is 17.8 Å². The van der Waals surface area contributed by atoms with Crippen molar-refractivity contribution in [3.05, 3.63) is 58.8 Å². The van der Waals surface area contributed by atoms with E-state index in [-0.39, 0.29) is 40.5 Å². The number of benzene rings is 1. The molecular formula is C21H19FN2O4. The second kappa shape index (κ2) is 6.29. The molecular weight excluding hydrogens is 363 g/mol. The zero-order valence-electron chi connectivity index (χ0n) is 15.4. The lowest BCUT2D eigenvalue weighted by atomic mass is 9.77. The number of ketones is 1. The number of anilines is 1. The second-order valence-electron chi connectivity index (χ2n) is 7.55. The van der Waals surface area contributed by atoms with Crippen LogP contribution in [0.25, 0.3) is 0 Å². The molecule has 7 heteroatoms. The SMILES string of the molecule is Cc1cc(N2C(=O)C3=C(C(=O)C4CCCCC4O3)C2c2ccccc2F)no1. The minimum Gasteiger partial charge on any atom is -0.483 e. The Labute approximate surface area is 160 Å². The largest absolute Gasteiger partial charge is 0.483 e. The van der Waals surface area contributed by atoms with E-state index >= 15 is 0 Å². The van der Waals surface area contributed by atoms with Crippen molar-refractivity contribution in [2.24, 2.45) is 5.92 Å². The number of rotatable bonds is 2. The molecule has 2 aromatic rings. The summed E-state index contributed by atoms with van der Waals surface area (Å²) in [6, 6.07) is 6.85. The standard InChI is InChI=1S/C21H19FN2O4/c1-11-10-16(23-28-11)24-18(12-6-2-4-8-14(12)22)17-19(25)13-7-3-5-9-15(13)27-20(17)21(24)26/h2,4,6,8,10,13,15,18H,3,5,7,9H2,1H3. The number of carbonyl (C=O) groups is 2. The summed E-state index contributed by atoms with van der Waals surface area (Å²) in [5.41, 5.74) is 0.478. The summed E-state index contributed by atoms with van der Waals surface area (Å²) in [7, 11) is 0. The van der Waals surface area contributed by atoms with Crippen LogP contribution in [0.4, 0.5) is 10.2 Å². The first-order valence-electron chi connectivity index (χ1n) is 9.52. The first kappa shape index (κ1) is 17.2. The molecule has 1 aromatic heterocycles. The lowest BCUT2D eigenvalue weighted by Gasteiger charge is -2.35. The third kappa shape index (κ3) is 2.42. The number of aromatic nitrogens is 1. The Kier molecular flexibility index (Phi) is 3.86. The highest BCUT2D eigenvalue weighted by Crippen LogP contribution is 2.48. The van der Waals surface area contributed by atoms with Crippen LogP contribution in [0.1, 0.15) is 43.0 Å². The molecule has 0 N–H and O–H groups in total. The van der Waals surface area contributed by atoms with Gasteiger partial charge in [-0.2, -0.15) is 0 Å². The quantitative estimate of drug-likeness (QED) is 0.793.